The summed E-state index contributed by atoms with van der Waals surface area (Å²) in [6, 6.07) is 7.79. The Bertz CT molecular complexity index is 518. The first-order chi connectivity index (χ1) is 6.84. The van der Waals surface area contributed by atoms with Gasteiger partial charge in [0, 0.05) is 11.1 Å². The Morgan fingerprint density at radius 1 is 1.36 bits per heavy atom. The molecule has 0 amide bonds. The van der Waals surface area contributed by atoms with E-state index in [0.29, 0.717) is 13.0 Å². The van der Waals surface area contributed by atoms with Crippen molar-refractivity contribution in [2.45, 2.75) is 6.42 Å². The van der Waals surface area contributed by atoms with Crippen molar-refractivity contribution < 1.29 is 9.53 Å². The molecule has 1 aromatic rings. The second-order valence-corrected chi connectivity index (χ2v) is 3.60. The summed E-state index contributed by atoms with van der Waals surface area (Å²) < 4.78 is 5.21. The van der Waals surface area contributed by atoms with Gasteiger partial charge >= 0.3 is 5.97 Å². The molecule has 2 heterocycles. The van der Waals surface area contributed by atoms with Crippen LogP contribution in [0.15, 0.2) is 29.3 Å². The van der Waals surface area contributed by atoms with Crippen LogP contribution in [0.1, 0.15) is 6.42 Å². The molecule has 0 saturated carbocycles. The Kier molecular flexibility index (Phi) is 1.48. The molecule has 0 spiro atoms. The first-order valence-electron chi connectivity index (χ1n) is 4.69. The number of carbonyl (C=O) groups is 1. The minimum absolute atomic E-state index is 0.128. The van der Waals surface area contributed by atoms with Crippen LogP contribution in [0.5, 0.6) is 0 Å². The minimum atomic E-state index is -0.128. The lowest BCUT2D eigenvalue weighted by Gasteiger charge is -2.10. The molecule has 0 radical (unpaired) electrons. The molecule has 1 fully saturated rings. The largest absolute Gasteiger partial charge is 0.430 e. The molecule has 2 aliphatic rings. The van der Waals surface area contributed by atoms with Gasteiger partial charge in [-0.1, -0.05) is 12.1 Å². The van der Waals surface area contributed by atoms with E-state index in [-0.39, 0.29) is 11.9 Å². The maximum Gasteiger partial charge on any atom is 0.311 e. The van der Waals surface area contributed by atoms with E-state index in [9.17, 15) is 4.79 Å². The third kappa shape index (κ3) is 0.985. The van der Waals surface area contributed by atoms with E-state index in [1.54, 1.807) is 0 Å². The molecule has 3 nitrogen and oxygen atoms in total. The predicted molar refractivity (Wildman–Crippen MR) is 49.7 cm³/mol. The zero-order valence-corrected chi connectivity index (χ0v) is 7.56. The molecule has 2 aliphatic heterocycles. The van der Waals surface area contributed by atoms with Crippen LogP contribution in [0, 0.1) is 5.92 Å². The number of carbonyl (C=O) groups excluding carboxylic acids is 1. The second kappa shape index (κ2) is 2.67. The highest BCUT2D eigenvalue weighted by Crippen LogP contribution is 2.26. The van der Waals surface area contributed by atoms with Crippen LogP contribution in [-0.4, -0.2) is 12.5 Å². The van der Waals surface area contributed by atoms with Crippen molar-refractivity contribution in [1.29, 1.82) is 0 Å². The van der Waals surface area contributed by atoms with Crippen LogP contribution in [0.25, 0.3) is 5.76 Å². The van der Waals surface area contributed by atoms with Gasteiger partial charge in [0.1, 0.15) is 5.76 Å². The van der Waals surface area contributed by atoms with E-state index in [1.165, 1.54) is 0 Å². The number of benzene rings is 1. The Hall–Kier alpha value is -1.64. The average molecular weight is 187 g/mol. The predicted octanol–water partition coefficient (Wildman–Crippen LogP) is -0.00890. The third-order valence-corrected chi connectivity index (χ3v) is 2.66. The first kappa shape index (κ1) is 7.74. The third-order valence-electron chi connectivity index (χ3n) is 2.66. The van der Waals surface area contributed by atoms with Crippen LogP contribution in [0.3, 0.4) is 0 Å². The van der Waals surface area contributed by atoms with Crippen LogP contribution in [-0.2, 0) is 9.53 Å². The highest BCUT2D eigenvalue weighted by molar-refractivity contribution is 5.81. The summed E-state index contributed by atoms with van der Waals surface area (Å²) in [5, 5.41) is 1.92. The quantitative estimate of drug-likeness (QED) is 0.536. The molecule has 1 aromatic carbocycles. The Morgan fingerprint density at radius 2 is 2.21 bits per heavy atom. The summed E-state index contributed by atoms with van der Waals surface area (Å²) in [4.78, 5) is 15.6. The van der Waals surface area contributed by atoms with E-state index < -0.39 is 0 Å². The van der Waals surface area contributed by atoms with Gasteiger partial charge in [-0.3, -0.25) is 9.79 Å². The van der Waals surface area contributed by atoms with Gasteiger partial charge in [0.15, 0.2) is 0 Å². The first-order valence-corrected chi connectivity index (χ1v) is 4.69. The number of hydrogen-bond acceptors (Lipinski definition) is 3. The lowest BCUT2D eigenvalue weighted by Crippen LogP contribution is -2.33. The fraction of sp³-hybridized carbons (Fsp3) is 0.273. The van der Waals surface area contributed by atoms with Crippen LogP contribution in [0.4, 0.5) is 0 Å². The number of nitrogens with zero attached hydrogens (tertiary/aromatic N) is 1. The van der Waals surface area contributed by atoms with Gasteiger partial charge in [0.05, 0.1) is 18.3 Å². The summed E-state index contributed by atoms with van der Waals surface area (Å²) in [6.45, 7) is 0.679. The van der Waals surface area contributed by atoms with Crippen molar-refractivity contribution in [3.05, 3.63) is 34.8 Å². The van der Waals surface area contributed by atoms with Gasteiger partial charge in [-0.2, -0.15) is 0 Å². The SMILES string of the molecule is O=C1CC2CN=c3ccccc3=C2O1. The number of para-hydroxylation sites is 1. The van der Waals surface area contributed by atoms with Crippen molar-refractivity contribution in [2.24, 2.45) is 10.9 Å². The summed E-state index contributed by atoms with van der Waals surface area (Å²) in [6.07, 6.45) is 0.479. The molecule has 3 heteroatoms. The summed E-state index contributed by atoms with van der Waals surface area (Å²) in [5.74, 6) is 0.870. The summed E-state index contributed by atoms with van der Waals surface area (Å²) in [5.41, 5.74) is 0. The van der Waals surface area contributed by atoms with Crippen molar-refractivity contribution in [3.8, 4) is 0 Å². The van der Waals surface area contributed by atoms with E-state index in [2.05, 4.69) is 4.99 Å². The fourth-order valence-corrected chi connectivity index (χ4v) is 1.99. The molecule has 0 aliphatic carbocycles. The number of hydrogen-bond donors (Lipinski definition) is 0. The van der Waals surface area contributed by atoms with Gasteiger partial charge in [0.2, 0.25) is 0 Å². The van der Waals surface area contributed by atoms with Crippen molar-refractivity contribution in [1.82, 2.24) is 0 Å². The van der Waals surface area contributed by atoms with Crippen LogP contribution < -0.4 is 10.6 Å². The molecule has 0 bridgehead atoms. The van der Waals surface area contributed by atoms with Gasteiger partial charge in [0.25, 0.3) is 0 Å². The zero-order valence-electron chi connectivity index (χ0n) is 7.56. The maximum absolute atomic E-state index is 11.1. The summed E-state index contributed by atoms with van der Waals surface area (Å²) in [7, 11) is 0. The molecule has 3 rings (SSSR count). The Morgan fingerprint density at radius 3 is 3.14 bits per heavy atom. The van der Waals surface area contributed by atoms with Crippen molar-refractivity contribution >= 4 is 11.7 Å². The molecule has 0 aromatic heterocycles. The van der Waals surface area contributed by atoms with Crippen LogP contribution in [0.2, 0.25) is 0 Å². The van der Waals surface area contributed by atoms with E-state index >= 15 is 0 Å². The van der Waals surface area contributed by atoms with Gasteiger partial charge < -0.3 is 4.74 Å². The number of esters is 1. The smallest absolute Gasteiger partial charge is 0.311 e. The van der Waals surface area contributed by atoms with E-state index in [0.717, 1.165) is 16.3 Å². The molecule has 1 saturated heterocycles. The molecular formula is C11H9NO2. The van der Waals surface area contributed by atoms with Gasteiger partial charge in [-0.15, -0.1) is 0 Å². The topological polar surface area (TPSA) is 38.7 Å². The second-order valence-electron chi connectivity index (χ2n) is 3.60. The standard InChI is InChI=1S/C11H9NO2/c13-10-5-7-6-12-9-4-2-1-3-8(9)11(7)14-10/h1-4,7H,5-6H2. The maximum atomic E-state index is 11.1. The fourth-order valence-electron chi connectivity index (χ4n) is 1.99. The Balaban J connectivity index is 2.35. The zero-order chi connectivity index (χ0) is 9.54. The lowest BCUT2D eigenvalue weighted by molar-refractivity contribution is -0.134. The summed E-state index contributed by atoms with van der Waals surface area (Å²) >= 11 is 0. The lowest BCUT2D eigenvalue weighted by atomic mass is 10.0. The molecule has 1 atom stereocenters. The average Bonchev–Trinajstić information content (AvgIpc) is 2.59. The molecule has 14 heavy (non-hydrogen) atoms. The van der Waals surface area contributed by atoms with Gasteiger partial charge in [-0.05, 0) is 12.1 Å². The molecular weight excluding hydrogens is 178 g/mol. The van der Waals surface area contributed by atoms with Crippen molar-refractivity contribution in [2.75, 3.05) is 6.54 Å². The number of rotatable bonds is 0. The van der Waals surface area contributed by atoms with Gasteiger partial charge in [-0.25, -0.2) is 0 Å². The van der Waals surface area contributed by atoms with E-state index in [4.69, 9.17) is 4.74 Å². The number of ether oxygens (including phenoxy) is 1. The van der Waals surface area contributed by atoms with E-state index in [1.807, 2.05) is 24.3 Å². The highest BCUT2D eigenvalue weighted by atomic mass is 16.5. The van der Waals surface area contributed by atoms with Crippen LogP contribution >= 0.6 is 0 Å². The minimum Gasteiger partial charge on any atom is -0.430 e. The normalized spacial score (nSPS) is 23.6. The highest BCUT2D eigenvalue weighted by Gasteiger charge is 2.31. The molecule has 1 unspecified atom stereocenters. The molecule has 70 valence electrons. The molecule has 0 N–H and O–H groups in total. The monoisotopic (exact) mass is 187 g/mol. The Labute approximate surface area is 80.7 Å². The van der Waals surface area contributed by atoms with Crippen molar-refractivity contribution in [3.63, 3.8) is 0 Å². The number of fused-ring (bicyclic) bond motifs is 2.